The second kappa shape index (κ2) is 11.7. The highest BCUT2D eigenvalue weighted by Crippen LogP contribution is 2.25. The number of rotatable bonds is 9. The van der Waals surface area contributed by atoms with Crippen LogP contribution in [-0.2, 0) is 19.1 Å². The minimum Gasteiger partial charge on any atom is -0.508 e. The van der Waals surface area contributed by atoms with Crippen molar-refractivity contribution in [3.63, 3.8) is 0 Å². The highest BCUT2D eigenvalue weighted by atomic mass is 16.6. The molecule has 0 fully saturated rings. The van der Waals surface area contributed by atoms with E-state index in [0.717, 1.165) is 4.90 Å². The molecule has 0 saturated carbocycles. The quantitative estimate of drug-likeness (QED) is 0.398. The van der Waals surface area contributed by atoms with Gasteiger partial charge in [-0.15, -0.1) is 0 Å². The lowest BCUT2D eigenvalue weighted by atomic mass is 10.0. The number of hydrogen-bond donors (Lipinski definition) is 4. The number of phenols is 1. The first-order chi connectivity index (χ1) is 15.2. The minimum atomic E-state index is -1.49. The molecular weight excluding hydrogens is 430 g/mol. The summed E-state index contributed by atoms with van der Waals surface area (Å²) in [5.74, 6) is -2.55. The van der Waals surface area contributed by atoms with E-state index in [0.29, 0.717) is 0 Å². The fraction of sp³-hybridized carbons (Fsp3) is 0.500. The van der Waals surface area contributed by atoms with Crippen LogP contribution in [0.3, 0.4) is 0 Å². The molecule has 0 bridgehead atoms. The number of aromatic hydroxyl groups is 1. The number of ether oxygens (including phenoxy) is 1. The van der Waals surface area contributed by atoms with Gasteiger partial charge in [-0.3, -0.25) is 14.4 Å². The third-order valence-electron chi connectivity index (χ3n) is 4.10. The lowest BCUT2D eigenvalue weighted by Crippen LogP contribution is -2.54. The Morgan fingerprint density at radius 2 is 1.85 bits per heavy atom. The number of carbonyl (C=O) groups is 4. The zero-order chi connectivity index (χ0) is 25.3. The largest absolute Gasteiger partial charge is 0.508 e. The number of phenolic OH excluding ortho intramolecular Hbond substituents is 1. The van der Waals surface area contributed by atoms with Crippen molar-refractivity contribution in [3.8, 4) is 11.8 Å². The predicted octanol–water partition coefficient (Wildman–Crippen LogP) is 1.08. The molecule has 33 heavy (non-hydrogen) atoms. The van der Waals surface area contributed by atoms with Crippen molar-refractivity contribution >= 4 is 23.8 Å². The van der Waals surface area contributed by atoms with E-state index in [-0.39, 0.29) is 17.4 Å². The van der Waals surface area contributed by atoms with E-state index in [1.54, 1.807) is 34.6 Å². The molecule has 2 unspecified atom stereocenters. The van der Waals surface area contributed by atoms with Crippen LogP contribution in [0.4, 0.5) is 4.79 Å². The number of primary amides is 1. The molecule has 0 aliphatic rings. The third kappa shape index (κ3) is 9.06. The summed E-state index contributed by atoms with van der Waals surface area (Å²) < 4.78 is 5.15. The number of carbonyl (C=O) groups excluding carboxylic acids is 4. The van der Waals surface area contributed by atoms with Gasteiger partial charge in [-0.05, 0) is 52.3 Å². The Morgan fingerprint density at radius 1 is 1.21 bits per heavy atom. The van der Waals surface area contributed by atoms with E-state index >= 15 is 0 Å². The second-order valence-corrected chi connectivity index (χ2v) is 8.65. The SMILES string of the molecule is CC(C)NC(=O)C(c1cccc(O)c1)N(CC#N)C(=O)C(CC(N)=O)NC(=O)OC(C)(C)C. The number of nitrogens with zero attached hydrogens (tertiary/aromatic N) is 2. The van der Waals surface area contributed by atoms with Crippen molar-refractivity contribution in [2.45, 2.75) is 64.8 Å². The van der Waals surface area contributed by atoms with Gasteiger partial charge in [0.15, 0.2) is 0 Å². The fourth-order valence-electron chi connectivity index (χ4n) is 2.96. The summed E-state index contributed by atoms with van der Waals surface area (Å²) in [5.41, 5.74) is 4.61. The van der Waals surface area contributed by atoms with Gasteiger partial charge in [0.2, 0.25) is 17.7 Å². The van der Waals surface area contributed by atoms with Crippen molar-refractivity contribution in [1.82, 2.24) is 15.5 Å². The molecule has 180 valence electrons. The number of nitriles is 1. The molecule has 0 saturated heterocycles. The van der Waals surface area contributed by atoms with E-state index in [1.807, 2.05) is 6.07 Å². The van der Waals surface area contributed by atoms with Crippen LogP contribution in [0.15, 0.2) is 24.3 Å². The van der Waals surface area contributed by atoms with Gasteiger partial charge in [-0.25, -0.2) is 4.79 Å². The highest BCUT2D eigenvalue weighted by molar-refractivity contribution is 5.94. The summed E-state index contributed by atoms with van der Waals surface area (Å²) in [6, 6.07) is 4.37. The van der Waals surface area contributed by atoms with Gasteiger partial charge in [0, 0.05) is 6.04 Å². The van der Waals surface area contributed by atoms with Gasteiger partial charge < -0.3 is 31.1 Å². The van der Waals surface area contributed by atoms with E-state index in [9.17, 15) is 29.5 Å². The zero-order valence-corrected chi connectivity index (χ0v) is 19.4. The van der Waals surface area contributed by atoms with Gasteiger partial charge in [0.25, 0.3) is 0 Å². The van der Waals surface area contributed by atoms with Gasteiger partial charge >= 0.3 is 6.09 Å². The van der Waals surface area contributed by atoms with Crippen LogP contribution in [0.25, 0.3) is 0 Å². The molecule has 11 heteroatoms. The van der Waals surface area contributed by atoms with Gasteiger partial charge in [0.1, 0.15) is 30.0 Å². The van der Waals surface area contributed by atoms with Crippen LogP contribution >= 0.6 is 0 Å². The molecule has 5 N–H and O–H groups in total. The summed E-state index contributed by atoms with van der Waals surface area (Å²) in [5, 5.41) is 24.2. The van der Waals surface area contributed by atoms with Crippen molar-refractivity contribution < 1.29 is 29.0 Å². The monoisotopic (exact) mass is 461 g/mol. The number of nitrogens with one attached hydrogen (secondary N) is 2. The number of nitrogens with two attached hydrogens (primary N) is 1. The van der Waals surface area contributed by atoms with Gasteiger partial charge in [0.05, 0.1) is 12.5 Å². The van der Waals surface area contributed by atoms with Crippen molar-refractivity contribution in [3.05, 3.63) is 29.8 Å². The molecule has 0 spiro atoms. The van der Waals surface area contributed by atoms with Crippen LogP contribution < -0.4 is 16.4 Å². The number of amides is 4. The summed E-state index contributed by atoms with van der Waals surface area (Å²) in [7, 11) is 0. The van der Waals surface area contributed by atoms with Crippen molar-refractivity contribution in [2.24, 2.45) is 5.73 Å². The van der Waals surface area contributed by atoms with Crippen LogP contribution in [0.5, 0.6) is 5.75 Å². The summed E-state index contributed by atoms with van der Waals surface area (Å²) >= 11 is 0. The van der Waals surface area contributed by atoms with E-state index in [4.69, 9.17) is 10.5 Å². The summed E-state index contributed by atoms with van der Waals surface area (Å²) in [6.07, 6.45) is -1.56. The van der Waals surface area contributed by atoms with Crippen molar-refractivity contribution in [2.75, 3.05) is 6.54 Å². The highest BCUT2D eigenvalue weighted by Gasteiger charge is 2.37. The van der Waals surface area contributed by atoms with Crippen LogP contribution in [0, 0.1) is 11.3 Å². The topological polar surface area (TPSA) is 175 Å². The Bertz CT molecular complexity index is 919. The minimum absolute atomic E-state index is 0.153. The van der Waals surface area contributed by atoms with Crippen LogP contribution in [0.2, 0.25) is 0 Å². The average Bonchev–Trinajstić information content (AvgIpc) is 2.64. The molecule has 0 radical (unpaired) electrons. The fourth-order valence-corrected chi connectivity index (χ4v) is 2.96. The zero-order valence-electron chi connectivity index (χ0n) is 19.4. The Balaban J connectivity index is 3.43. The molecule has 0 aliphatic carbocycles. The second-order valence-electron chi connectivity index (χ2n) is 8.65. The summed E-state index contributed by atoms with van der Waals surface area (Å²) in [4.78, 5) is 51.2. The van der Waals surface area contributed by atoms with E-state index in [2.05, 4.69) is 10.6 Å². The number of hydrogen-bond acceptors (Lipinski definition) is 7. The lowest BCUT2D eigenvalue weighted by molar-refractivity contribution is -0.142. The molecule has 1 aromatic carbocycles. The van der Waals surface area contributed by atoms with E-state index in [1.165, 1.54) is 24.3 Å². The maximum Gasteiger partial charge on any atom is 0.408 e. The van der Waals surface area contributed by atoms with Crippen LogP contribution in [0.1, 0.15) is 52.6 Å². The number of alkyl carbamates (subject to hydrolysis) is 1. The Morgan fingerprint density at radius 3 is 2.33 bits per heavy atom. The van der Waals surface area contributed by atoms with Crippen molar-refractivity contribution in [1.29, 1.82) is 5.26 Å². The average molecular weight is 462 g/mol. The first kappa shape index (κ1) is 27.2. The maximum atomic E-state index is 13.4. The molecule has 2 atom stereocenters. The Kier molecular flexibility index (Phi) is 9.66. The van der Waals surface area contributed by atoms with Gasteiger partial charge in [-0.2, -0.15) is 5.26 Å². The smallest absolute Gasteiger partial charge is 0.408 e. The Hall–Kier alpha value is -3.81. The summed E-state index contributed by atoms with van der Waals surface area (Å²) in [6.45, 7) is 7.74. The third-order valence-corrected chi connectivity index (χ3v) is 4.10. The predicted molar refractivity (Wildman–Crippen MR) is 118 cm³/mol. The lowest BCUT2D eigenvalue weighted by Gasteiger charge is -2.33. The van der Waals surface area contributed by atoms with Crippen LogP contribution in [-0.4, -0.2) is 58.1 Å². The maximum absolute atomic E-state index is 13.4. The Labute approximate surface area is 192 Å². The molecular formula is C22H31N5O6. The number of benzene rings is 1. The molecule has 1 aromatic rings. The molecule has 11 nitrogen and oxygen atoms in total. The molecule has 1 rings (SSSR count). The molecule has 0 aromatic heterocycles. The first-order valence-corrected chi connectivity index (χ1v) is 10.3. The van der Waals surface area contributed by atoms with Gasteiger partial charge in [-0.1, -0.05) is 12.1 Å². The normalized spacial score (nSPS) is 12.8. The van der Waals surface area contributed by atoms with E-state index < -0.39 is 54.5 Å². The molecule has 0 heterocycles. The standard InChI is InChI=1S/C22H31N5O6/c1-13(2)25-19(30)18(14-7-6-8-15(28)11-14)27(10-9-23)20(31)16(12-17(24)29)26-21(32)33-22(3,4)5/h6-8,11,13,16,18,28H,10,12H2,1-5H3,(H2,24,29)(H,25,30)(H,26,32). The molecule has 4 amide bonds. The first-order valence-electron chi connectivity index (χ1n) is 10.3. The molecule has 0 aliphatic heterocycles.